The van der Waals surface area contributed by atoms with E-state index in [0.29, 0.717) is 6.07 Å². The largest absolute Gasteiger partial charge is 0.465 e. The first-order valence-corrected chi connectivity index (χ1v) is 8.29. The minimum absolute atomic E-state index is 0.0121. The topological polar surface area (TPSA) is 63.7 Å². The van der Waals surface area contributed by atoms with E-state index >= 15 is 0 Å². The summed E-state index contributed by atoms with van der Waals surface area (Å²) >= 11 is 0. The number of benzene rings is 2. The molecule has 0 radical (unpaired) electrons. The average molecular weight is 355 g/mol. The molecule has 8 heteroatoms. The van der Waals surface area contributed by atoms with Crippen molar-refractivity contribution in [1.82, 2.24) is 4.31 Å². The zero-order chi connectivity index (χ0) is 17.9. The average Bonchev–Trinajstić information content (AvgIpc) is 2.56. The maximum absolute atomic E-state index is 13.7. The van der Waals surface area contributed by atoms with Gasteiger partial charge in [0.1, 0.15) is 11.6 Å². The Balaban J connectivity index is 2.38. The van der Waals surface area contributed by atoms with Crippen LogP contribution in [0.3, 0.4) is 0 Å². The SMILES string of the molecule is COC(=O)c1ccccc1S(=O)(=O)N(C)Cc1ccc(F)cc1F. The maximum atomic E-state index is 13.7. The number of carbonyl (C=O) groups is 1. The summed E-state index contributed by atoms with van der Waals surface area (Å²) in [6.07, 6.45) is 0. The number of hydrogen-bond acceptors (Lipinski definition) is 4. The van der Waals surface area contributed by atoms with E-state index in [2.05, 4.69) is 4.74 Å². The van der Waals surface area contributed by atoms with E-state index in [4.69, 9.17) is 0 Å². The van der Waals surface area contributed by atoms with Crippen LogP contribution in [0.25, 0.3) is 0 Å². The van der Waals surface area contributed by atoms with Crippen LogP contribution in [0.1, 0.15) is 15.9 Å². The molecular weight excluding hydrogens is 340 g/mol. The summed E-state index contributed by atoms with van der Waals surface area (Å²) < 4.78 is 57.5. The molecule has 0 aliphatic carbocycles. The van der Waals surface area contributed by atoms with E-state index in [-0.39, 0.29) is 22.6 Å². The van der Waals surface area contributed by atoms with Crippen LogP contribution < -0.4 is 0 Å². The molecule has 0 bridgehead atoms. The number of rotatable bonds is 5. The number of ether oxygens (including phenoxy) is 1. The Morgan fingerprint density at radius 1 is 1.17 bits per heavy atom. The van der Waals surface area contributed by atoms with Gasteiger partial charge in [-0.2, -0.15) is 4.31 Å². The number of carbonyl (C=O) groups excluding carboxylic acids is 1. The summed E-state index contributed by atoms with van der Waals surface area (Å²) in [5.74, 6) is -2.40. The fourth-order valence-electron chi connectivity index (χ4n) is 2.11. The lowest BCUT2D eigenvalue weighted by Gasteiger charge is -2.19. The van der Waals surface area contributed by atoms with Crippen molar-refractivity contribution in [3.8, 4) is 0 Å². The molecule has 24 heavy (non-hydrogen) atoms. The molecule has 2 rings (SSSR count). The minimum atomic E-state index is -4.08. The van der Waals surface area contributed by atoms with Crippen molar-refractivity contribution >= 4 is 16.0 Å². The molecule has 0 unspecified atom stereocenters. The predicted octanol–water partition coefficient (Wildman–Crippen LogP) is 2.57. The molecule has 0 saturated heterocycles. The molecular formula is C16H15F2NO4S. The molecule has 0 N–H and O–H groups in total. The molecule has 0 atom stereocenters. The second-order valence-corrected chi connectivity index (χ2v) is 7.00. The van der Waals surface area contributed by atoms with E-state index in [1.54, 1.807) is 0 Å². The number of nitrogens with zero attached hydrogens (tertiary/aromatic N) is 1. The second-order valence-electron chi connectivity index (χ2n) is 4.98. The van der Waals surface area contributed by atoms with Crippen molar-refractivity contribution < 1.29 is 26.7 Å². The van der Waals surface area contributed by atoms with Gasteiger partial charge in [-0.15, -0.1) is 0 Å². The van der Waals surface area contributed by atoms with Crippen LogP contribution >= 0.6 is 0 Å². The van der Waals surface area contributed by atoms with Crippen molar-refractivity contribution in [3.05, 3.63) is 65.2 Å². The molecule has 0 heterocycles. The normalized spacial score (nSPS) is 11.5. The summed E-state index contributed by atoms with van der Waals surface area (Å²) in [4.78, 5) is 11.5. The molecule has 5 nitrogen and oxygen atoms in total. The number of halogens is 2. The van der Waals surface area contributed by atoms with Gasteiger partial charge in [0.2, 0.25) is 10.0 Å². The first kappa shape index (κ1) is 18.0. The fraction of sp³-hybridized carbons (Fsp3) is 0.188. The van der Waals surface area contributed by atoms with Crippen LogP contribution in [0.15, 0.2) is 47.4 Å². The highest BCUT2D eigenvalue weighted by atomic mass is 32.2. The molecule has 0 saturated carbocycles. The van der Waals surface area contributed by atoms with Crippen molar-refractivity contribution in [1.29, 1.82) is 0 Å². The lowest BCUT2D eigenvalue weighted by atomic mass is 10.2. The Morgan fingerprint density at radius 3 is 2.46 bits per heavy atom. The van der Waals surface area contributed by atoms with Crippen molar-refractivity contribution in [2.45, 2.75) is 11.4 Å². The Labute approximate surface area is 138 Å². The lowest BCUT2D eigenvalue weighted by molar-refractivity contribution is 0.0596. The zero-order valence-corrected chi connectivity index (χ0v) is 13.8. The van der Waals surface area contributed by atoms with Gasteiger partial charge in [-0.05, 0) is 18.2 Å². The molecule has 0 aromatic heterocycles. The highest BCUT2D eigenvalue weighted by Gasteiger charge is 2.27. The minimum Gasteiger partial charge on any atom is -0.465 e. The van der Waals surface area contributed by atoms with E-state index in [1.165, 1.54) is 37.4 Å². The first-order chi connectivity index (χ1) is 11.3. The highest BCUT2D eigenvalue weighted by molar-refractivity contribution is 7.89. The molecule has 0 amide bonds. The number of methoxy groups -OCH3 is 1. The lowest BCUT2D eigenvalue weighted by Crippen LogP contribution is -2.28. The number of hydrogen-bond donors (Lipinski definition) is 0. The summed E-state index contributed by atoms with van der Waals surface area (Å²) in [7, 11) is -1.69. The van der Waals surface area contributed by atoms with Gasteiger partial charge in [-0.3, -0.25) is 0 Å². The van der Waals surface area contributed by atoms with Crippen LogP contribution in [0.5, 0.6) is 0 Å². The standard InChI is InChI=1S/C16H15F2NO4S/c1-19(10-11-7-8-12(17)9-14(11)18)24(21,22)15-6-4-3-5-13(15)16(20)23-2/h3-9H,10H2,1-2H3. The molecule has 2 aromatic carbocycles. The van der Waals surface area contributed by atoms with Gasteiger partial charge in [0.05, 0.1) is 17.6 Å². The van der Waals surface area contributed by atoms with Gasteiger partial charge < -0.3 is 4.74 Å². The quantitative estimate of drug-likeness (QED) is 0.774. The van der Waals surface area contributed by atoms with Crippen molar-refractivity contribution in [3.63, 3.8) is 0 Å². The fourth-order valence-corrected chi connectivity index (χ4v) is 3.44. The maximum Gasteiger partial charge on any atom is 0.339 e. The van der Waals surface area contributed by atoms with Crippen LogP contribution in [0.2, 0.25) is 0 Å². The number of esters is 1. The Hall–Kier alpha value is -2.32. The van der Waals surface area contributed by atoms with Gasteiger partial charge in [0, 0.05) is 25.2 Å². The molecule has 128 valence electrons. The van der Waals surface area contributed by atoms with Gasteiger partial charge in [0.15, 0.2) is 0 Å². The third-order valence-electron chi connectivity index (χ3n) is 3.39. The first-order valence-electron chi connectivity index (χ1n) is 6.85. The molecule has 2 aromatic rings. The van der Waals surface area contributed by atoms with Crippen LogP contribution in [-0.4, -0.2) is 32.8 Å². The highest BCUT2D eigenvalue weighted by Crippen LogP contribution is 2.22. The monoisotopic (exact) mass is 355 g/mol. The summed E-state index contributed by atoms with van der Waals surface area (Å²) in [6.45, 7) is -0.316. The number of sulfonamides is 1. The van der Waals surface area contributed by atoms with Gasteiger partial charge >= 0.3 is 5.97 Å². The van der Waals surface area contributed by atoms with E-state index < -0.39 is 27.6 Å². The van der Waals surface area contributed by atoms with Gasteiger partial charge in [-0.1, -0.05) is 18.2 Å². The Kier molecular flexibility index (Phi) is 5.30. The van der Waals surface area contributed by atoms with Crippen LogP contribution in [0, 0.1) is 11.6 Å². The summed E-state index contributed by atoms with van der Waals surface area (Å²) in [6, 6.07) is 8.45. The smallest absolute Gasteiger partial charge is 0.339 e. The Bertz CT molecular complexity index is 868. The third kappa shape index (κ3) is 3.60. The van der Waals surface area contributed by atoms with E-state index in [0.717, 1.165) is 17.5 Å². The summed E-state index contributed by atoms with van der Waals surface area (Å²) in [5, 5.41) is 0. The molecule has 0 aliphatic heterocycles. The predicted molar refractivity (Wildman–Crippen MR) is 82.8 cm³/mol. The van der Waals surface area contributed by atoms with Crippen molar-refractivity contribution in [2.75, 3.05) is 14.2 Å². The second kappa shape index (κ2) is 7.06. The zero-order valence-electron chi connectivity index (χ0n) is 13.0. The third-order valence-corrected chi connectivity index (χ3v) is 5.25. The van der Waals surface area contributed by atoms with Crippen molar-refractivity contribution in [2.24, 2.45) is 0 Å². The van der Waals surface area contributed by atoms with Crippen LogP contribution in [-0.2, 0) is 21.3 Å². The molecule has 0 aliphatic rings. The van der Waals surface area contributed by atoms with Gasteiger partial charge in [0.25, 0.3) is 0 Å². The van der Waals surface area contributed by atoms with E-state index in [1.807, 2.05) is 0 Å². The van der Waals surface area contributed by atoms with E-state index in [9.17, 15) is 22.0 Å². The van der Waals surface area contributed by atoms with Crippen LogP contribution in [0.4, 0.5) is 8.78 Å². The molecule has 0 fully saturated rings. The Morgan fingerprint density at radius 2 is 1.83 bits per heavy atom. The summed E-state index contributed by atoms with van der Waals surface area (Å²) in [5.41, 5.74) is -0.107. The molecule has 0 spiro atoms. The van der Waals surface area contributed by atoms with Gasteiger partial charge in [-0.25, -0.2) is 22.0 Å².